The van der Waals surface area contributed by atoms with Crippen LogP contribution in [0.15, 0.2) is 36.4 Å². The van der Waals surface area contributed by atoms with Crippen LogP contribution < -0.4 is 4.74 Å². The molecule has 0 amide bonds. The zero-order valence-corrected chi connectivity index (χ0v) is 10.8. The van der Waals surface area contributed by atoms with E-state index in [-0.39, 0.29) is 5.97 Å². The number of hydrogen-bond donors (Lipinski definition) is 0. The van der Waals surface area contributed by atoms with Gasteiger partial charge in [0.1, 0.15) is 5.75 Å². The Morgan fingerprint density at radius 3 is 3.06 bits per heavy atom. The Kier molecular flexibility index (Phi) is 4.03. The quantitative estimate of drug-likeness (QED) is 0.592. The number of allylic oxidation sites excluding steroid dienone is 1. The smallest absolute Gasteiger partial charge is 0.330 e. The Bertz CT molecular complexity index is 451. The van der Waals surface area contributed by atoms with Crippen molar-refractivity contribution in [2.45, 2.75) is 19.3 Å². The minimum atomic E-state index is -0.256. The third-order valence-corrected chi connectivity index (χ3v) is 3.13. The van der Waals surface area contributed by atoms with Crippen LogP contribution in [0.25, 0.3) is 0 Å². The van der Waals surface area contributed by atoms with Crippen LogP contribution in [0.1, 0.15) is 24.8 Å². The molecule has 2 rings (SSSR count). The van der Waals surface area contributed by atoms with Crippen LogP contribution in [-0.2, 0) is 9.53 Å². The highest BCUT2D eigenvalue weighted by Crippen LogP contribution is 2.48. The number of carbonyl (C=O) groups excluding carboxylic acids is 1. The predicted molar refractivity (Wildman–Crippen MR) is 69.6 cm³/mol. The molecule has 1 aromatic rings. The number of carbonyl (C=O) groups is 1. The summed E-state index contributed by atoms with van der Waals surface area (Å²) >= 11 is 0. The lowest BCUT2D eigenvalue weighted by molar-refractivity contribution is -0.137. The topological polar surface area (TPSA) is 35.5 Å². The zero-order valence-electron chi connectivity index (χ0n) is 10.8. The second-order valence-electron chi connectivity index (χ2n) is 4.39. The molecule has 0 aromatic heterocycles. The van der Waals surface area contributed by atoms with Crippen molar-refractivity contribution in [3.05, 3.63) is 42.0 Å². The summed E-state index contributed by atoms with van der Waals surface area (Å²) in [7, 11) is 1.67. The van der Waals surface area contributed by atoms with E-state index in [4.69, 9.17) is 9.47 Å². The lowest BCUT2D eigenvalue weighted by Gasteiger charge is -2.02. The van der Waals surface area contributed by atoms with Crippen molar-refractivity contribution in [2.24, 2.45) is 5.92 Å². The van der Waals surface area contributed by atoms with Gasteiger partial charge in [0.25, 0.3) is 0 Å². The van der Waals surface area contributed by atoms with Gasteiger partial charge in [-0.2, -0.15) is 0 Å². The SMILES string of the molecule is CCOC(=O)/C=C/C1CC1c1cccc(OC)c1. The van der Waals surface area contributed by atoms with Gasteiger partial charge in [-0.15, -0.1) is 0 Å². The average Bonchev–Trinajstić information content (AvgIpc) is 3.16. The monoisotopic (exact) mass is 246 g/mol. The molecule has 0 spiro atoms. The Balaban J connectivity index is 1.92. The fourth-order valence-corrected chi connectivity index (χ4v) is 2.08. The minimum Gasteiger partial charge on any atom is -0.497 e. The maximum Gasteiger partial charge on any atom is 0.330 e. The number of hydrogen-bond acceptors (Lipinski definition) is 3. The van der Waals surface area contributed by atoms with E-state index >= 15 is 0 Å². The number of ether oxygens (including phenoxy) is 2. The van der Waals surface area contributed by atoms with E-state index in [0.717, 1.165) is 12.2 Å². The summed E-state index contributed by atoms with van der Waals surface area (Å²) in [6, 6.07) is 8.10. The van der Waals surface area contributed by atoms with E-state index in [1.807, 2.05) is 25.1 Å². The van der Waals surface area contributed by atoms with Crippen LogP contribution in [0, 0.1) is 5.92 Å². The van der Waals surface area contributed by atoms with Crippen LogP contribution in [0.3, 0.4) is 0 Å². The Labute approximate surface area is 107 Å². The van der Waals surface area contributed by atoms with E-state index in [0.29, 0.717) is 18.4 Å². The molecule has 2 unspecified atom stereocenters. The van der Waals surface area contributed by atoms with E-state index in [1.54, 1.807) is 7.11 Å². The molecule has 0 saturated heterocycles. The number of esters is 1. The first-order valence-corrected chi connectivity index (χ1v) is 6.23. The van der Waals surface area contributed by atoms with Gasteiger partial charge in [0.2, 0.25) is 0 Å². The summed E-state index contributed by atoms with van der Waals surface area (Å²) in [6.45, 7) is 2.23. The molecule has 1 aromatic carbocycles. The molecule has 0 heterocycles. The van der Waals surface area contributed by atoms with Crippen LogP contribution in [-0.4, -0.2) is 19.7 Å². The zero-order chi connectivity index (χ0) is 13.0. The van der Waals surface area contributed by atoms with Crippen LogP contribution >= 0.6 is 0 Å². The average molecular weight is 246 g/mol. The molecule has 0 bridgehead atoms. The van der Waals surface area contributed by atoms with Crippen molar-refractivity contribution in [3.8, 4) is 5.75 Å². The Hall–Kier alpha value is -1.77. The number of methoxy groups -OCH3 is 1. The summed E-state index contributed by atoms with van der Waals surface area (Å²) in [5.74, 6) is 1.58. The molecule has 1 aliphatic rings. The van der Waals surface area contributed by atoms with Gasteiger partial charge in [0, 0.05) is 6.08 Å². The minimum absolute atomic E-state index is 0.256. The van der Waals surface area contributed by atoms with Crippen molar-refractivity contribution >= 4 is 5.97 Å². The third kappa shape index (κ3) is 3.13. The molecular weight excluding hydrogens is 228 g/mol. The van der Waals surface area contributed by atoms with Gasteiger partial charge in [-0.25, -0.2) is 4.79 Å². The maximum absolute atomic E-state index is 11.2. The molecule has 3 nitrogen and oxygen atoms in total. The van der Waals surface area contributed by atoms with E-state index < -0.39 is 0 Å². The molecule has 2 atom stereocenters. The molecule has 96 valence electrons. The van der Waals surface area contributed by atoms with Crippen molar-refractivity contribution in [2.75, 3.05) is 13.7 Å². The molecule has 0 radical (unpaired) electrons. The molecule has 18 heavy (non-hydrogen) atoms. The first kappa shape index (κ1) is 12.7. The van der Waals surface area contributed by atoms with Crippen molar-refractivity contribution < 1.29 is 14.3 Å². The van der Waals surface area contributed by atoms with Gasteiger partial charge in [-0.3, -0.25) is 0 Å². The standard InChI is InChI=1S/C15H18O3/c1-3-18-15(16)8-7-12-10-14(12)11-5-4-6-13(9-11)17-2/h4-9,12,14H,3,10H2,1-2H3/b8-7+. The van der Waals surface area contributed by atoms with Crippen molar-refractivity contribution in [1.82, 2.24) is 0 Å². The van der Waals surface area contributed by atoms with E-state index in [2.05, 4.69) is 12.1 Å². The molecule has 1 saturated carbocycles. The molecule has 1 fully saturated rings. The molecule has 0 aliphatic heterocycles. The lowest BCUT2D eigenvalue weighted by atomic mass is 10.1. The summed E-state index contributed by atoms with van der Waals surface area (Å²) < 4.78 is 10.1. The highest BCUT2D eigenvalue weighted by Gasteiger charge is 2.36. The summed E-state index contributed by atoms with van der Waals surface area (Å²) in [5.41, 5.74) is 1.27. The molecule has 0 N–H and O–H groups in total. The van der Waals surface area contributed by atoms with Gasteiger partial charge in [0.15, 0.2) is 0 Å². The summed E-state index contributed by atoms with van der Waals surface area (Å²) in [5, 5.41) is 0. The van der Waals surface area contributed by atoms with Gasteiger partial charge in [-0.1, -0.05) is 18.2 Å². The first-order valence-electron chi connectivity index (χ1n) is 6.23. The fourth-order valence-electron chi connectivity index (χ4n) is 2.08. The Morgan fingerprint density at radius 1 is 1.50 bits per heavy atom. The second kappa shape index (κ2) is 5.71. The van der Waals surface area contributed by atoms with Gasteiger partial charge >= 0.3 is 5.97 Å². The van der Waals surface area contributed by atoms with Gasteiger partial charge < -0.3 is 9.47 Å². The predicted octanol–water partition coefficient (Wildman–Crippen LogP) is 2.92. The molecule has 1 aliphatic carbocycles. The van der Waals surface area contributed by atoms with E-state index in [1.165, 1.54) is 11.6 Å². The number of rotatable bonds is 5. The largest absolute Gasteiger partial charge is 0.497 e. The van der Waals surface area contributed by atoms with Crippen molar-refractivity contribution in [1.29, 1.82) is 0 Å². The van der Waals surface area contributed by atoms with Crippen LogP contribution in [0.2, 0.25) is 0 Å². The Morgan fingerprint density at radius 2 is 2.33 bits per heavy atom. The van der Waals surface area contributed by atoms with Crippen LogP contribution in [0.4, 0.5) is 0 Å². The normalized spacial score (nSPS) is 21.9. The molecular formula is C15H18O3. The summed E-state index contributed by atoms with van der Waals surface area (Å²) in [6.07, 6.45) is 4.57. The highest BCUT2D eigenvalue weighted by molar-refractivity contribution is 5.82. The number of benzene rings is 1. The summed E-state index contributed by atoms with van der Waals surface area (Å²) in [4.78, 5) is 11.2. The van der Waals surface area contributed by atoms with E-state index in [9.17, 15) is 4.79 Å². The lowest BCUT2D eigenvalue weighted by Crippen LogP contribution is -1.98. The van der Waals surface area contributed by atoms with Gasteiger partial charge in [0.05, 0.1) is 13.7 Å². The fraction of sp³-hybridized carbons (Fsp3) is 0.400. The second-order valence-corrected chi connectivity index (χ2v) is 4.39. The highest BCUT2D eigenvalue weighted by atomic mass is 16.5. The third-order valence-electron chi connectivity index (χ3n) is 3.13. The van der Waals surface area contributed by atoms with Crippen LogP contribution in [0.5, 0.6) is 5.75 Å². The molecule has 3 heteroatoms. The van der Waals surface area contributed by atoms with Gasteiger partial charge in [-0.05, 0) is 42.9 Å². The van der Waals surface area contributed by atoms with Crippen molar-refractivity contribution in [3.63, 3.8) is 0 Å². The maximum atomic E-state index is 11.2. The first-order chi connectivity index (χ1) is 8.74.